The third-order valence-corrected chi connectivity index (χ3v) is 11.3. The number of aliphatic hydroxyl groups excluding tert-OH is 1. The van der Waals surface area contributed by atoms with Crippen molar-refractivity contribution in [3.8, 4) is 33.9 Å². The van der Waals surface area contributed by atoms with E-state index in [1.54, 1.807) is 34.3 Å². The van der Waals surface area contributed by atoms with Crippen LogP contribution in [0.5, 0.6) is 0 Å². The van der Waals surface area contributed by atoms with Gasteiger partial charge in [-0.05, 0) is 73.2 Å². The number of hydrogen-bond acceptors (Lipinski definition) is 11. The van der Waals surface area contributed by atoms with Gasteiger partial charge in [-0.3, -0.25) is 9.59 Å². The van der Waals surface area contributed by atoms with Crippen molar-refractivity contribution in [1.82, 2.24) is 50.6 Å². The van der Waals surface area contributed by atoms with Crippen LogP contribution < -0.4 is 10.6 Å². The zero-order valence-electron chi connectivity index (χ0n) is 33.9. The first-order valence-electron chi connectivity index (χ1n) is 20.1. The Bertz CT molecular complexity index is 2540. The van der Waals surface area contributed by atoms with Crippen molar-refractivity contribution in [3.05, 3.63) is 108 Å². The van der Waals surface area contributed by atoms with Crippen LogP contribution in [0, 0.1) is 0 Å². The zero-order chi connectivity index (χ0) is 42.6. The molecule has 2 saturated heterocycles. The summed E-state index contributed by atoms with van der Waals surface area (Å²) in [4.78, 5) is 70.8. The van der Waals surface area contributed by atoms with E-state index in [0.717, 1.165) is 40.4 Å². The first-order valence-corrected chi connectivity index (χ1v) is 20.1. The van der Waals surface area contributed by atoms with Crippen LogP contribution in [0.15, 0.2) is 91.3 Å². The van der Waals surface area contributed by atoms with E-state index in [1.165, 1.54) is 21.1 Å². The number of aromatic amines is 2. The maximum atomic E-state index is 13.9. The fourth-order valence-electron chi connectivity index (χ4n) is 8.15. The highest BCUT2D eigenvalue weighted by Crippen LogP contribution is 2.35. The second-order valence-electron chi connectivity index (χ2n) is 15.2. The predicted molar refractivity (Wildman–Crippen MR) is 223 cm³/mol. The van der Waals surface area contributed by atoms with Crippen molar-refractivity contribution in [2.75, 3.05) is 27.3 Å². The second kappa shape index (κ2) is 17.6. The van der Waals surface area contributed by atoms with Crippen molar-refractivity contribution < 1.29 is 33.8 Å². The number of ether oxygens (including phenoxy) is 2. The lowest BCUT2D eigenvalue weighted by Gasteiger charge is -2.29. The molecule has 0 radical (unpaired) electrons. The van der Waals surface area contributed by atoms with E-state index in [-0.39, 0.29) is 18.0 Å². The molecule has 0 spiro atoms. The number of amides is 4. The molecule has 314 valence electrons. The van der Waals surface area contributed by atoms with Gasteiger partial charge in [-0.1, -0.05) is 54.6 Å². The van der Waals surface area contributed by atoms with Crippen LogP contribution in [0.2, 0.25) is 0 Å². The first kappa shape index (κ1) is 40.6. The van der Waals surface area contributed by atoms with E-state index in [9.17, 15) is 24.3 Å². The Hall–Kier alpha value is -7.14. The fraction of sp³-hybridized carbons (Fsp3) is 0.318. The van der Waals surface area contributed by atoms with E-state index in [0.29, 0.717) is 60.2 Å². The van der Waals surface area contributed by atoms with Crippen LogP contribution in [0.4, 0.5) is 9.59 Å². The SMILES string of the molecule is COC(=O)NC(C(=O)N1CCCC1c1ncc(-c2ccc(-c3ccc4cc(-c5cnc(C6CCCN6C(=O)C(NC(=O)OC)C(C)O)[nH]5)ccc4c3)nn2)[nH]1)c1ccccc1. The summed E-state index contributed by atoms with van der Waals surface area (Å²) in [5.41, 5.74) is 5.23. The molecule has 5 atom stereocenters. The summed E-state index contributed by atoms with van der Waals surface area (Å²) in [5, 5.41) is 26.5. The average Bonchev–Trinajstić information content (AvgIpc) is 4.14. The van der Waals surface area contributed by atoms with Gasteiger partial charge in [0.1, 0.15) is 29.4 Å². The Labute approximate surface area is 350 Å². The van der Waals surface area contributed by atoms with Crippen molar-refractivity contribution in [2.24, 2.45) is 0 Å². The fourth-order valence-corrected chi connectivity index (χ4v) is 8.15. The predicted octanol–water partition coefficient (Wildman–Crippen LogP) is 5.61. The van der Waals surface area contributed by atoms with Crippen LogP contribution >= 0.6 is 0 Å². The van der Waals surface area contributed by atoms with Gasteiger partial charge in [0.2, 0.25) is 5.91 Å². The van der Waals surface area contributed by atoms with Crippen LogP contribution in [-0.4, -0.2) is 108 Å². The van der Waals surface area contributed by atoms with Crippen molar-refractivity contribution in [2.45, 2.75) is 62.9 Å². The summed E-state index contributed by atoms with van der Waals surface area (Å²) >= 11 is 0. The summed E-state index contributed by atoms with van der Waals surface area (Å²) in [7, 11) is 2.47. The number of carbonyl (C=O) groups excluding carboxylic acids is 4. The molecule has 5 heterocycles. The molecule has 2 aliphatic heterocycles. The van der Waals surface area contributed by atoms with Crippen LogP contribution in [0.3, 0.4) is 0 Å². The third-order valence-electron chi connectivity index (χ3n) is 11.3. The minimum atomic E-state index is -1.14. The number of H-pyrrole nitrogens is 2. The van der Waals surface area contributed by atoms with E-state index < -0.39 is 36.3 Å². The van der Waals surface area contributed by atoms with Crippen molar-refractivity contribution in [3.63, 3.8) is 0 Å². The molecule has 0 bridgehead atoms. The molecule has 0 aliphatic carbocycles. The molecular formula is C44H46N10O7. The normalized spacial score (nSPS) is 17.8. The molecule has 61 heavy (non-hydrogen) atoms. The second-order valence-corrected chi connectivity index (χ2v) is 15.2. The number of fused-ring (bicyclic) bond motifs is 1. The molecule has 3 aromatic heterocycles. The Balaban J connectivity index is 0.942. The minimum absolute atomic E-state index is 0.245. The lowest BCUT2D eigenvalue weighted by Crippen LogP contribution is -2.53. The molecule has 0 saturated carbocycles. The van der Waals surface area contributed by atoms with Gasteiger partial charge in [0.15, 0.2) is 0 Å². The number of hydrogen-bond donors (Lipinski definition) is 5. The molecule has 2 aliphatic rings. The summed E-state index contributed by atoms with van der Waals surface area (Å²) in [5.74, 6) is 0.613. The lowest BCUT2D eigenvalue weighted by molar-refractivity contribution is -0.137. The molecule has 6 aromatic rings. The summed E-state index contributed by atoms with van der Waals surface area (Å²) < 4.78 is 9.47. The van der Waals surface area contributed by atoms with Crippen molar-refractivity contribution in [1.29, 1.82) is 0 Å². The number of aliphatic hydroxyl groups is 1. The molecule has 5 N–H and O–H groups in total. The van der Waals surface area contributed by atoms with Gasteiger partial charge < -0.3 is 45.0 Å². The Morgan fingerprint density at radius 3 is 1.89 bits per heavy atom. The Morgan fingerprint density at radius 2 is 1.26 bits per heavy atom. The minimum Gasteiger partial charge on any atom is -0.453 e. The molecule has 17 nitrogen and oxygen atoms in total. The third kappa shape index (κ3) is 8.50. The van der Waals surface area contributed by atoms with E-state index in [4.69, 9.17) is 4.74 Å². The highest BCUT2D eigenvalue weighted by molar-refractivity contribution is 5.91. The highest BCUT2D eigenvalue weighted by Gasteiger charge is 2.39. The average molecular weight is 827 g/mol. The van der Waals surface area contributed by atoms with E-state index in [2.05, 4.69) is 57.6 Å². The van der Waals surface area contributed by atoms with Crippen LogP contribution in [0.25, 0.3) is 44.7 Å². The quantitative estimate of drug-likeness (QED) is 0.108. The topological polar surface area (TPSA) is 221 Å². The monoisotopic (exact) mass is 826 g/mol. The van der Waals surface area contributed by atoms with Gasteiger partial charge in [0.25, 0.3) is 5.91 Å². The van der Waals surface area contributed by atoms with Crippen molar-refractivity contribution >= 4 is 34.8 Å². The highest BCUT2D eigenvalue weighted by atomic mass is 16.5. The number of imidazole rings is 2. The standard InChI is InChI=1S/C44H46N10O7/c1-25(55)37(49-43(58)60-2)41(56)53-19-7-11-35(53)39-45-23-33(47-39)30-16-14-27-21-29(15-13-28(27)22-30)31-17-18-32(52-51-31)34-24-46-40(48-34)36-12-8-20-54(36)42(57)38(50-44(59)61-3)26-9-5-4-6-10-26/h4-6,9-10,13-18,21-25,35-38,55H,7-8,11-12,19-20H2,1-3H3,(H,45,47)(H,46,48)(H,49,58)(H,50,59). The molecule has 4 amide bonds. The zero-order valence-corrected chi connectivity index (χ0v) is 33.9. The Kier molecular flexibility index (Phi) is 11.7. The largest absolute Gasteiger partial charge is 0.453 e. The van der Waals surface area contributed by atoms with Crippen LogP contribution in [0.1, 0.15) is 67.9 Å². The number of alkyl carbamates (subject to hydrolysis) is 2. The van der Waals surface area contributed by atoms with Gasteiger partial charge in [-0.25, -0.2) is 19.6 Å². The number of nitrogens with one attached hydrogen (secondary N) is 4. The number of benzene rings is 3. The summed E-state index contributed by atoms with van der Waals surface area (Å²) in [6, 6.07) is 22.4. The molecule has 8 rings (SSSR count). The first-order chi connectivity index (χ1) is 29.6. The molecular weight excluding hydrogens is 781 g/mol. The van der Waals surface area contributed by atoms with Gasteiger partial charge >= 0.3 is 12.2 Å². The van der Waals surface area contributed by atoms with Gasteiger partial charge in [0, 0.05) is 24.2 Å². The summed E-state index contributed by atoms with van der Waals surface area (Å²) in [6.07, 6.45) is 3.79. The maximum Gasteiger partial charge on any atom is 0.407 e. The van der Waals surface area contributed by atoms with E-state index in [1.807, 2.05) is 54.6 Å². The number of likely N-dealkylation sites (tertiary alicyclic amines) is 2. The van der Waals surface area contributed by atoms with E-state index >= 15 is 0 Å². The number of nitrogens with zero attached hydrogens (tertiary/aromatic N) is 6. The number of aromatic nitrogens is 6. The maximum absolute atomic E-state index is 13.9. The molecule has 5 unspecified atom stereocenters. The Morgan fingerprint density at radius 1 is 0.705 bits per heavy atom. The van der Waals surface area contributed by atoms with Gasteiger partial charge in [-0.15, -0.1) is 10.2 Å². The van der Waals surface area contributed by atoms with Crippen LogP contribution in [-0.2, 0) is 19.1 Å². The number of methoxy groups -OCH3 is 2. The van der Waals surface area contributed by atoms with Gasteiger partial charge in [-0.2, -0.15) is 0 Å². The molecule has 2 fully saturated rings. The van der Waals surface area contributed by atoms with Gasteiger partial charge in [0.05, 0.1) is 61.9 Å². The summed E-state index contributed by atoms with van der Waals surface area (Å²) in [6.45, 7) is 2.44. The molecule has 3 aromatic carbocycles. The smallest absolute Gasteiger partial charge is 0.407 e. The number of carbonyl (C=O) groups is 4. The molecule has 17 heteroatoms. The lowest BCUT2D eigenvalue weighted by atomic mass is 10.0. The number of rotatable bonds is 11.